The lowest BCUT2D eigenvalue weighted by molar-refractivity contribution is 0.0849. The highest BCUT2D eigenvalue weighted by Crippen LogP contribution is 2.13. The molecule has 1 amide bonds. The van der Waals surface area contributed by atoms with Gasteiger partial charge in [0.15, 0.2) is 0 Å². The van der Waals surface area contributed by atoms with Crippen molar-refractivity contribution in [2.75, 3.05) is 13.2 Å². The predicted molar refractivity (Wildman–Crippen MR) is 125 cm³/mol. The number of carbonyl (C=O) groups excluding carboxylic acids is 1. The van der Waals surface area contributed by atoms with E-state index >= 15 is 0 Å². The van der Waals surface area contributed by atoms with Gasteiger partial charge in [-0.15, -0.1) is 0 Å². The van der Waals surface area contributed by atoms with Gasteiger partial charge < -0.3 is 10.1 Å². The van der Waals surface area contributed by atoms with E-state index in [0.717, 1.165) is 44.3 Å². The molecule has 1 aromatic heterocycles. The van der Waals surface area contributed by atoms with Crippen molar-refractivity contribution in [3.05, 3.63) is 91.3 Å². The van der Waals surface area contributed by atoms with Crippen LogP contribution in [0.25, 0.3) is 5.69 Å². The molecule has 1 N–H and O–H groups in total. The van der Waals surface area contributed by atoms with Gasteiger partial charge in [0.25, 0.3) is 11.5 Å². The highest BCUT2D eigenvalue weighted by atomic mass is 16.5. The third-order valence-corrected chi connectivity index (χ3v) is 5.95. The van der Waals surface area contributed by atoms with E-state index in [1.54, 1.807) is 6.07 Å². The predicted octanol–water partition coefficient (Wildman–Crippen LogP) is 2.28. The minimum atomic E-state index is -0.716. The first kappa shape index (κ1) is 22.7. The van der Waals surface area contributed by atoms with Crippen LogP contribution in [0.3, 0.4) is 0 Å². The molecule has 3 aromatic rings. The summed E-state index contributed by atoms with van der Waals surface area (Å²) in [5.41, 5.74) is 2.70. The molecule has 2 aromatic carbocycles. The molecule has 1 fully saturated rings. The minimum absolute atomic E-state index is 0.0404. The molecule has 1 saturated heterocycles. The number of aromatic nitrogens is 3. The molecule has 0 saturated carbocycles. The highest BCUT2D eigenvalue weighted by molar-refractivity contribution is 5.91. The van der Waals surface area contributed by atoms with Crippen LogP contribution >= 0.6 is 0 Å². The molecule has 1 atom stereocenters. The second kappa shape index (κ2) is 9.54. The van der Waals surface area contributed by atoms with Crippen LogP contribution in [0.4, 0.5) is 0 Å². The number of nitrogens with one attached hydrogen (secondary N) is 1. The summed E-state index contributed by atoms with van der Waals surface area (Å²) >= 11 is 0. The van der Waals surface area contributed by atoms with Crippen LogP contribution in [0.2, 0.25) is 0 Å². The maximum absolute atomic E-state index is 13.3. The Kier molecular flexibility index (Phi) is 6.55. The fraction of sp³-hybridized carbons (Fsp3) is 0.360. The van der Waals surface area contributed by atoms with E-state index in [4.69, 9.17) is 4.74 Å². The summed E-state index contributed by atoms with van der Waals surface area (Å²) in [6, 6.07) is 13.0. The van der Waals surface area contributed by atoms with Crippen molar-refractivity contribution >= 4 is 5.91 Å². The molecule has 0 radical (unpaired) electrons. The third-order valence-electron chi connectivity index (χ3n) is 5.95. The number of hydrogen-bond donors (Lipinski definition) is 1. The molecule has 0 spiro atoms. The smallest absolute Gasteiger partial charge is 0.352 e. The van der Waals surface area contributed by atoms with Crippen LogP contribution in [0.15, 0.2) is 52.1 Å². The van der Waals surface area contributed by atoms with Crippen LogP contribution in [-0.2, 0) is 11.3 Å². The van der Waals surface area contributed by atoms with Gasteiger partial charge in [-0.2, -0.15) is 9.78 Å². The van der Waals surface area contributed by atoms with Gasteiger partial charge in [0.05, 0.1) is 18.3 Å². The van der Waals surface area contributed by atoms with E-state index in [-0.39, 0.29) is 18.3 Å². The van der Waals surface area contributed by atoms with Crippen LogP contribution in [0.1, 0.15) is 45.6 Å². The largest absolute Gasteiger partial charge is 0.376 e. The van der Waals surface area contributed by atoms with E-state index in [1.807, 2.05) is 57.2 Å². The van der Waals surface area contributed by atoms with Crippen molar-refractivity contribution in [3.8, 4) is 5.69 Å². The average Bonchev–Trinajstić information content (AvgIpc) is 3.31. The van der Waals surface area contributed by atoms with Gasteiger partial charge in [0.2, 0.25) is 5.69 Å². The first-order valence-electron chi connectivity index (χ1n) is 11.1. The zero-order valence-electron chi connectivity index (χ0n) is 19.1. The number of carbonyl (C=O) groups is 1. The molecule has 8 nitrogen and oxygen atoms in total. The molecule has 0 aliphatic carbocycles. The Balaban J connectivity index is 1.79. The maximum Gasteiger partial charge on any atom is 0.352 e. The summed E-state index contributed by atoms with van der Waals surface area (Å²) in [5, 5.41) is 6.94. The Morgan fingerprint density at radius 1 is 1.12 bits per heavy atom. The van der Waals surface area contributed by atoms with Crippen LogP contribution in [0, 0.1) is 20.8 Å². The Labute approximate surface area is 191 Å². The van der Waals surface area contributed by atoms with E-state index in [1.165, 1.54) is 0 Å². The lowest BCUT2D eigenvalue weighted by Crippen LogP contribution is -2.46. The third kappa shape index (κ3) is 4.96. The molecule has 0 unspecified atom stereocenters. The fourth-order valence-corrected chi connectivity index (χ4v) is 3.91. The Hall–Kier alpha value is -3.52. The summed E-state index contributed by atoms with van der Waals surface area (Å²) in [7, 11) is 0. The van der Waals surface area contributed by atoms with Crippen LogP contribution in [-0.4, -0.2) is 39.5 Å². The number of amides is 1. The van der Waals surface area contributed by atoms with Crippen molar-refractivity contribution in [2.24, 2.45) is 0 Å². The number of benzene rings is 2. The van der Waals surface area contributed by atoms with E-state index in [9.17, 15) is 14.4 Å². The van der Waals surface area contributed by atoms with E-state index < -0.39 is 17.2 Å². The van der Waals surface area contributed by atoms with Crippen molar-refractivity contribution in [1.82, 2.24) is 19.7 Å². The first-order valence-corrected chi connectivity index (χ1v) is 11.1. The SMILES string of the molecule is Cc1cccc(Cn2c(=O)c(C(=O)NC[C@@H]3CCCO3)nn(-c3ccc(C)c(C)c3)c2=O)c1. The van der Waals surface area contributed by atoms with Gasteiger partial charge in [0.1, 0.15) is 0 Å². The lowest BCUT2D eigenvalue weighted by atomic mass is 10.1. The summed E-state index contributed by atoms with van der Waals surface area (Å²) in [5.74, 6) is -0.619. The summed E-state index contributed by atoms with van der Waals surface area (Å²) in [6.07, 6.45) is 1.72. The lowest BCUT2D eigenvalue weighted by Gasteiger charge is -2.14. The van der Waals surface area contributed by atoms with Gasteiger partial charge in [-0.3, -0.25) is 14.2 Å². The Morgan fingerprint density at radius 3 is 2.64 bits per heavy atom. The molecule has 172 valence electrons. The molecule has 1 aliphatic heterocycles. The number of hydrogen-bond acceptors (Lipinski definition) is 5. The minimum Gasteiger partial charge on any atom is -0.376 e. The van der Waals surface area contributed by atoms with Crippen molar-refractivity contribution in [2.45, 2.75) is 46.3 Å². The molecule has 0 bridgehead atoms. The van der Waals surface area contributed by atoms with Crippen molar-refractivity contribution < 1.29 is 9.53 Å². The average molecular weight is 449 g/mol. The summed E-state index contributed by atoms with van der Waals surface area (Å²) < 4.78 is 7.74. The maximum atomic E-state index is 13.3. The van der Waals surface area contributed by atoms with Crippen LogP contribution in [0.5, 0.6) is 0 Å². The van der Waals surface area contributed by atoms with Gasteiger partial charge in [-0.1, -0.05) is 35.9 Å². The number of aryl methyl sites for hydroxylation is 3. The zero-order chi connectivity index (χ0) is 23.5. The van der Waals surface area contributed by atoms with Crippen molar-refractivity contribution in [1.29, 1.82) is 0 Å². The molecular formula is C25H28N4O4. The van der Waals surface area contributed by atoms with Gasteiger partial charge in [-0.25, -0.2) is 4.79 Å². The second-order valence-corrected chi connectivity index (χ2v) is 8.54. The number of nitrogens with zero attached hydrogens (tertiary/aromatic N) is 3. The molecular weight excluding hydrogens is 420 g/mol. The molecule has 4 rings (SSSR count). The Morgan fingerprint density at radius 2 is 1.94 bits per heavy atom. The standard InChI is InChI=1S/C25H28N4O4/c1-16-6-4-7-19(12-16)15-28-24(31)22(23(30)26-14-21-8-5-11-33-21)27-29(25(28)32)20-10-9-17(2)18(3)13-20/h4,6-7,9-10,12-13,21H,5,8,11,14-15H2,1-3H3,(H,26,30)/t21-/m0/s1. The van der Waals surface area contributed by atoms with Crippen molar-refractivity contribution in [3.63, 3.8) is 0 Å². The van der Waals surface area contributed by atoms with E-state index in [2.05, 4.69) is 10.4 Å². The normalized spacial score (nSPS) is 15.5. The summed E-state index contributed by atoms with van der Waals surface area (Å²) in [6.45, 7) is 6.84. The first-order chi connectivity index (χ1) is 15.8. The molecule has 33 heavy (non-hydrogen) atoms. The van der Waals surface area contributed by atoms with Gasteiger partial charge >= 0.3 is 5.69 Å². The molecule has 1 aliphatic rings. The second-order valence-electron chi connectivity index (χ2n) is 8.54. The summed E-state index contributed by atoms with van der Waals surface area (Å²) in [4.78, 5) is 39.5. The monoisotopic (exact) mass is 448 g/mol. The Bertz CT molecular complexity index is 1300. The zero-order valence-corrected chi connectivity index (χ0v) is 19.1. The van der Waals surface area contributed by atoms with Gasteiger partial charge in [-0.05, 0) is 62.4 Å². The number of rotatable bonds is 6. The van der Waals surface area contributed by atoms with E-state index in [0.29, 0.717) is 18.8 Å². The number of ether oxygens (including phenoxy) is 1. The fourth-order valence-electron chi connectivity index (χ4n) is 3.91. The van der Waals surface area contributed by atoms with Gasteiger partial charge in [0, 0.05) is 13.2 Å². The topological polar surface area (TPSA) is 95.2 Å². The quantitative estimate of drug-likeness (QED) is 0.624. The highest BCUT2D eigenvalue weighted by Gasteiger charge is 2.23. The molecule has 8 heteroatoms. The molecule has 2 heterocycles. The van der Waals surface area contributed by atoms with Crippen LogP contribution < -0.4 is 16.6 Å².